The Morgan fingerprint density at radius 1 is 1.05 bits per heavy atom. The maximum absolute atomic E-state index is 13.1. The Labute approximate surface area is 133 Å². The Hall–Kier alpha value is -0.860. The van der Waals surface area contributed by atoms with Crippen molar-refractivity contribution in [3.8, 4) is 0 Å². The number of benzene rings is 2. The van der Waals surface area contributed by atoms with Crippen LogP contribution >= 0.6 is 27.5 Å². The number of rotatable bonds is 2. The second-order valence-corrected chi connectivity index (χ2v) is 7.19. The fourth-order valence-electron chi connectivity index (χ4n) is 2.04. The lowest BCUT2D eigenvalue weighted by molar-refractivity contribution is 0.590. The van der Waals surface area contributed by atoms with E-state index in [9.17, 15) is 4.39 Å². The van der Waals surface area contributed by atoms with E-state index in [0.29, 0.717) is 4.47 Å². The molecule has 0 aliphatic rings. The molecule has 1 unspecified atom stereocenters. The van der Waals surface area contributed by atoms with Gasteiger partial charge in [0.15, 0.2) is 0 Å². The highest BCUT2D eigenvalue weighted by atomic mass is 79.9. The van der Waals surface area contributed by atoms with Crippen LogP contribution in [-0.2, 0) is 5.41 Å². The first-order chi connectivity index (χ1) is 9.29. The molecule has 0 spiro atoms. The first kappa shape index (κ1) is 15.5. The summed E-state index contributed by atoms with van der Waals surface area (Å²) in [5.74, 6) is -0.271. The van der Waals surface area contributed by atoms with Gasteiger partial charge in [0.05, 0.1) is 5.38 Å². The van der Waals surface area contributed by atoms with Crippen molar-refractivity contribution in [3.05, 3.63) is 69.4 Å². The molecule has 2 rings (SSSR count). The van der Waals surface area contributed by atoms with E-state index < -0.39 is 0 Å². The predicted octanol–water partition coefficient (Wildman–Crippen LogP) is 6.21. The summed E-state index contributed by atoms with van der Waals surface area (Å²) in [6.07, 6.45) is 0. The van der Waals surface area contributed by atoms with Gasteiger partial charge < -0.3 is 0 Å². The Morgan fingerprint density at radius 3 is 2.15 bits per heavy atom. The summed E-state index contributed by atoms with van der Waals surface area (Å²) in [7, 11) is 0. The van der Waals surface area contributed by atoms with Crippen LogP contribution in [0.5, 0.6) is 0 Å². The maximum Gasteiger partial charge on any atom is 0.124 e. The average molecular weight is 356 g/mol. The number of hydrogen-bond acceptors (Lipinski definition) is 0. The zero-order valence-corrected chi connectivity index (χ0v) is 14.1. The van der Waals surface area contributed by atoms with Gasteiger partial charge in [0.2, 0.25) is 0 Å². The molecule has 0 heterocycles. The zero-order valence-electron chi connectivity index (χ0n) is 11.8. The summed E-state index contributed by atoms with van der Waals surface area (Å²) in [6, 6.07) is 12.9. The van der Waals surface area contributed by atoms with E-state index in [1.54, 1.807) is 6.07 Å². The highest BCUT2D eigenvalue weighted by Crippen LogP contribution is 2.35. The second kappa shape index (κ2) is 5.87. The van der Waals surface area contributed by atoms with Gasteiger partial charge in [-0.2, -0.15) is 0 Å². The number of hydrogen-bond donors (Lipinski definition) is 0. The third-order valence-corrected chi connectivity index (χ3v) is 4.48. The van der Waals surface area contributed by atoms with E-state index in [0.717, 1.165) is 11.1 Å². The molecule has 0 saturated carbocycles. The molecular weight excluding hydrogens is 339 g/mol. The summed E-state index contributed by atoms with van der Waals surface area (Å²) in [6.45, 7) is 6.53. The Kier molecular flexibility index (Phi) is 4.55. The largest absolute Gasteiger partial charge is 0.207 e. The molecule has 2 aromatic rings. The van der Waals surface area contributed by atoms with Gasteiger partial charge in [-0.3, -0.25) is 0 Å². The molecule has 0 aliphatic carbocycles. The van der Waals surface area contributed by atoms with Gasteiger partial charge in [-0.1, -0.05) is 67.0 Å². The van der Waals surface area contributed by atoms with Crippen LogP contribution in [-0.4, -0.2) is 0 Å². The van der Waals surface area contributed by atoms with Crippen LogP contribution in [0.15, 0.2) is 46.9 Å². The van der Waals surface area contributed by atoms with Crippen molar-refractivity contribution >= 4 is 27.5 Å². The van der Waals surface area contributed by atoms with Crippen LogP contribution in [0.1, 0.15) is 42.8 Å². The minimum Gasteiger partial charge on any atom is -0.207 e. The van der Waals surface area contributed by atoms with Crippen molar-refractivity contribution in [1.82, 2.24) is 0 Å². The summed E-state index contributed by atoms with van der Waals surface area (Å²) in [5.41, 5.74) is 3.27. The molecule has 0 bridgehead atoms. The summed E-state index contributed by atoms with van der Waals surface area (Å²) >= 11 is 9.87. The molecule has 1 atom stereocenters. The van der Waals surface area contributed by atoms with E-state index >= 15 is 0 Å². The van der Waals surface area contributed by atoms with Crippen LogP contribution in [0.4, 0.5) is 4.39 Å². The molecule has 0 N–H and O–H groups in total. The minimum atomic E-state index is -0.293. The van der Waals surface area contributed by atoms with Gasteiger partial charge in [0, 0.05) is 4.47 Å². The number of halogens is 3. The lowest BCUT2D eigenvalue weighted by atomic mass is 9.86. The molecule has 0 aromatic heterocycles. The average Bonchev–Trinajstić information content (AvgIpc) is 2.37. The third kappa shape index (κ3) is 3.42. The molecule has 20 heavy (non-hydrogen) atoms. The zero-order chi connectivity index (χ0) is 14.9. The molecule has 0 nitrogen and oxygen atoms in total. The summed E-state index contributed by atoms with van der Waals surface area (Å²) in [5, 5.41) is -0.293. The number of alkyl halides is 1. The molecule has 0 saturated heterocycles. The predicted molar refractivity (Wildman–Crippen MR) is 86.9 cm³/mol. The van der Waals surface area contributed by atoms with Crippen molar-refractivity contribution in [2.75, 3.05) is 0 Å². The molecule has 106 valence electrons. The van der Waals surface area contributed by atoms with Gasteiger partial charge in [-0.25, -0.2) is 4.39 Å². The minimum absolute atomic E-state index is 0.122. The van der Waals surface area contributed by atoms with Crippen LogP contribution in [0, 0.1) is 5.82 Å². The first-order valence-corrected chi connectivity index (χ1v) is 7.71. The van der Waals surface area contributed by atoms with E-state index in [-0.39, 0.29) is 16.6 Å². The normalized spacial score (nSPS) is 13.3. The first-order valence-electron chi connectivity index (χ1n) is 6.48. The van der Waals surface area contributed by atoms with Gasteiger partial charge in [0.1, 0.15) is 5.82 Å². The Morgan fingerprint density at radius 2 is 1.65 bits per heavy atom. The van der Waals surface area contributed by atoms with Crippen LogP contribution in [0.2, 0.25) is 0 Å². The lowest BCUT2D eigenvalue weighted by Crippen LogP contribution is -2.10. The quantitative estimate of drug-likeness (QED) is 0.561. The highest BCUT2D eigenvalue weighted by Gasteiger charge is 2.17. The smallest absolute Gasteiger partial charge is 0.124 e. The molecule has 0 amide bonds. The van der Waals surface area contributed by atoms with Crippen molar-refractivity contribution < 1.29 is 4.39 Å². The Bertz CT molecular complexity index is 599. The van der Waals surface area contributed by atoms with Gasteiger partial charge >= 0.3 is 0 Å². The molecule has 0 radical (unpaired) electrons. The fourth-order valence-corrected chi connectivity index (χ4v) is 3.09. The van der Waals surface area contributed by atoms with Gasteiger partial charge in [-0.05, 0) is 34.2 Å². The van der Waals surface area contributed by atoms with Crippen molar-refractivity contribution in [1.29, 1.82) is 0 Å². The van der Waals surface area contributed by atoms with Crippen molar-refractivity contribution in [2.24, 2.45) is 0 Å². The van der Waals surface area contributed by atoms with Crippen molar-refractivity contribution in [3.63, 3.8) is 0 Å². The van der Waals surface area contributed by atoms with Gasteiger partial charge in [-0.15, -0.1) is 11.6 Å². The standard InChI is InChI=1S/C17H17BrClF/c1-17(2,3)12-6-4-11(5-7-12)16(19)14-9-8-13(20)10-15(14)18/h4-10,16H,1-3H3. The fraction of sp³-hybridized carbons (Fsp3) is 0.294. The monoisotopic (exact) mass is 354 g/mol. The van der Waals surface area contributed by atoms with E-state index in [1.165, 1.54) is 17.7 Å². The van der Waals surface area contributed by atoms with Crippen molar-refractivity contribution in [2.45, 2.75) is 31.6 Å². The van der Waals surface area contributed by atoms with Crippen LogP contribution in [0.3, 0.4) is 0 Å². The summed E-state index contributed by atoms with van der Waals surface area (Å²) < 4.78 is 13.8. The van der Waals surface area contributed by atoms with E-state index in [4.69, 9.17) is 11.6 Å². The van der Waals surface area contributed by atoms with Crippen LogP contribution < -0.4 is 0 Å². The van der Waals surface area contributed by atoms with Gasteiger partial charge in [0.25, 0.3) is 0 Å². The summed E-state index contributed by atoms with van der Waals surface area (Å²) in [4.78, 5) is 0. The second-order valence-electron chi connectivity index (χ2n) is 5.90. The SMILES string of the molecule is CC(C)(C)c1ccc(C(Cl)c2ccc(F)cc2Br)cc1. The molecule has 3 heteroatoms. The third-order valence-electron chi connectivity index (χ3n) is 3.30. The molecule has 2 aromatic carbocycles. The molecule has 0 aliphatic heterocycles. The van der Waals surface area contributed by atoms with E-state index in [1.807, 2.05) is 12.1 Å². The van der Waals surface area contributed by atoms with Crippen LogP contribution in [0.25, 0.3) is 0 Å². The molecular formula is C17H17BrClF. The topological polar surface area (TPSA) is 0 Å². The Balaban J connectivity index is 2.31. The molecule has 0 fully saturated rings. The van der Waals surface area contributed by atoms with E-state index in [2.05, 4.69) is 48.8 Å². The lowest BCUT2D eigenvalue weighted by Gasteiger charge is -2.20. The maximum atomic E-state index is 13.1. The highest BCUT2D eigenvalue weighted by molar-refractivity contribution is 9.10.